The third-order valence-corrected chi connectivity index (χ3v) is 4.19. The van der Waals surface area contributed by atoms with Crippen LogP contribution in [0.15, 0.2) is 42.7 Å². The molecule has 0 radical (unpaired) electrons. The van der Waals surface area contributed by atoms with Gasteiger partial charge in [-0.25, -0.2) is 0 Å². The maximum absolute atomic E-state index is 12.3. The number of nitrogens with zero attached hydrogens (tertiary/aromatic N) is 2. The van der Waals surface area contributed by atoms with Crippen LogP contribution >= 0.6 is 11.6 Å². The molecule has 2 amide bonds. The van der Waals surface area contributed by atoms with E-state index in [4.69, 9.17) is 11.6 Å². The summed E-state index contributed by atoms with van der Waals surface area (Å²) in [7, 11) is 3.97. The molecule has 0 unspecified atom stereocenters. The lowest BCUT2D eigenvalue weighted by Gasteiger charge is -2.10. The van der Waals surface area contributed by atoms with Crippen molar-refractivity contribution in [2.45, 2.75) is 12.8 Å². The van der Waals surface area contributed by atoms with Gasteiger partial charge in [0, 0.05) is 30.5 Å². The van der Waals surface area contributed by atoms with Crippen LogP contribution in [0.4, 0.5) is 0 Å². The van der Waals surface area contributed by atoms with Gasteiger partial charge in [-0.1, -0.05) is 23.7 Å². The maximum atomic E-state index is 12.3. The first-order valence-electron chi connectivity index (χ1n) is 8.86. The fourth-order valence-corrected chi connectivity index (χ4v) is 2.59. The van der Waals surface area contributed by atoms with E-state index < -0.39 is 0 Å². The molecule has 2 N–H and O–H groups in total. The van der Waals surface area contributed by atoms with Gasteiger partial charge in [-0.3, -0.25) is 14.6 Å². The van der Waals surface area contributed by atoms with Crippen molar-refractivity contribution in [2.75, 3.05) is 33.7 Å². The smallest absolute Gasteiger partial charge is 0.252 e. The lowest BCUT2D eigenvalue weighted by atomic mass is 10.1. The molecule has 1 heterocycles. The van der Waals surface area contributed by atoms with Gasteiger partial charge >= 0.3 is 0 Å². The molecule has 0 aliphatic rings. The van der Waals surface area contributed by atoms with E-state index in [0.29, 0.717) is 35.7 Å². The van der Waals surface area contributed by atoms with Crippen molar-refractivity contribution in [3.63, 3.8) is 0 Å². The molecule has 0 bridgehead atoms. The lowest BCUT2D eigenvalue weighted by molar-refractivity contribution is 0.0952. The van der Waals surface area contributed by atoms with Crippen LogP contribution in [0.5, 0.6) is 0 Å². The fraction of sp³-hybridized carbons (Fsp3) is 0.350. The van der Waals surface area contributed by atoms with Gasteiger partial charge in [-0.15, -0.1) is 0 Å². The van der Waals surface area contributed by atoms with E-state index in [0.717, 1.165) is 18.5 Å². The Kier molecular flexibility index (Phi) is 8.23. The summed E-state index contributed by atoms with van der Waals surface area (Å²) in [5.41, 5.74) is 1.83. The number of carbonyl (C=O) groups is 2. The van der Waals surface area contributed by atoms with E-state index in [1.807, 2.05) is 38.4 Å². The molecule has 6 nitrogen and oxygen atoms in total. The van der Waals surface area contributed by atoms with E-state index in [2.05, 4.69) is 20.5 Å². The Hall–Kier alpha value is -2.44. The summed E-state index contributed by atoms with van der Waals surface area (Å²) in [4.78, 5) is 30.5. The highest BCUT2D eigenvalue weighted by atomic mass is 35.5. The SMILES string of the molecule is CN(C)CCCNC(=O)c1cncc(C(=O)NCCc2ccc(Cl)cc2)c1. The minimum atomic E-state index is -0.251. The van der Waals surface area contributed by atoms with Gasteiger partial charge in [-0.2, -0.15) is 0 Å². The van der Waals surface area contributed by atoms with Crippen LogP contribution < -0.4 is 10.6 Å². The molecule has 0 saturated carbocycles. The number of aromatic nitrogens is 1. The van der Waals surface area contributed by atoms with Crippen LogP contribution in [0.25, 0.3) is 0 Å². The second-order valence-corrected chi connectivity index (χ2v) is 6.94. The summed E-state index contributed by atoms with van der Waals surface area (Å²) in [6.07, 6.45) is 4.48. The zero-order valence-corrected chi connectivity index (χ0v) is 16.4. The predicted octanol–water partition coefficient (Wildman–Crippen LogP) is 2.39. The average Bonchev–Trinajstić information content (AvgIpc) is 2.66. The number of benzene rings is 1. The number of nitrogens with one attached hydrogen (secondary N) is 2. The number of halogens is 1. The zero-order valence-electron chi connectivity index (χ0n) is 15.7. The Morgan fingerprint density at radius 3 is 2.19 bits per heavy atom. The number of rotatable bonds is 9. The molecule has 0 atom stereocenters. The molecule has 1 aromatic heterocycles. The molecule has 0 spiro atoms. The lowest BCUT2D eigenvalue weighted by Crippen LogP contribution is -2.28. The van der Waals surface area contributed by atoms with E-state index in [1.165, 1.54) is 12.4 Å². The van der Waals surface area contributed by atoms with Crippen LogP contribution in [-0.2, 0) is 6.42 Å². The van der Waals surface area contributed by atoms with E-state index in [9.17, 15) is 9.59 Å². The minimum Gasteiger partial charge on any atom is -0.352 e. The molecular weight excluding hydrogens is 364 g/mol. The molecule has 0 aliphatic carbocycles. The maximum Gasteiger partial charge on any atom is 0.252 e. The summed E-state index contributed by atoms with van der Waals surface area (Å²) in [5.74, 6) is -0.476. The van der Waals surface area contributed by atoms with Crippen molar-refractivity contribution in [3.05, 3.63) is 64.4 Å². The summed E-state index contributed by atoms with van der Waals surface area (Å²) >= 11 is 5.86. The van der Waals surface area contributed by atoms with Gasteiger partial charge in [0.1, 0.15) is 0 Å². The third-order valence-electron chi connectivity index (χ3n) is 3.94. The highest BCUT2D eigenvalue weighted by Crippen LogP contribution is 2.09. The second-order valence-electron chi connectivity index (χ2n) is 6.51. The molecule has 7 heteroatoms. The topological polar surface area (TPSA) is 74.3 Å². The van der Waals surface area contributed by atoms with Gasteiger partial charge in [0.05, 0.1) is 11.1 Å². The molecule has 0 aliphatic heterocycles. The van der Waals surface area contributed by atoms with Crippen molar-refractivity contribution in [1.82, 2.24) is 20.5 Å². The summed E-state index contributed by atoms with van der Waals surface area (Å²) in [5, 5.41) is 6.37. The Balaban J connectivity index is 1.83. The molecule has 144 valence electrons. The number of amides is 2. The van der Waals surface area contributed by atoms with E-state index >= 15 is 0 Å². The van der Waals surface area contributed by atoms with Crippen molar-refractivity contribution in [3.8, 4) is 0 Å². The first-order chi connectivity index (χ1) is 13.0. The van der Waals surface area contributed by atoms with Crippen molar-refractivity contribution in [2.24, 2.45) is 0 Å². The standard InChI is InChI=1S/C20H25ClN4O2/c1-25(2)11-3-9-23-19(26)16-12-17(14-22-13-16)20(27)24-10-8-15-4-6-18(21)7-5-15/h4-7,12-14H,3,8-11H2,1-2H3,(H,23,26)(H,24,27). The largest absolute Gasteiger partial charge is 0.352 e. The second kappa shape index (κ2) is 10.6. The first-order valence-corrected chi connectivity index (χ1v) is 9.24. The van der Waals surface area contributed by atoms with E-state index in [1.54, 1.807) is 6.07 Å². The van der Waals surface area contributed by atoms with Crippen LogP contribution in [0.1, 0.15) is 32.7 Å². The normalized spacial score (nSPS) is 10.7. The average molecular weight is 389 g/mol. The molecule has 0 fully saturated rings. The highest BCUT2D eigenvalue weighted by Gasteiger charge is 2.11. The Bertz CT molecular complexity index is 763. The monoisotopic (exact) mass is 388 g/mol. The van der Waals surface area contributed by atoms with Crippen LogP contribution in [-0.4, -0.2) is 55.4 Å². The summed E-state index contributed by atoms with van der Waals surface area (Å²) in [6, 6.07) is 9.06. The van der Waals surface area contributed by atoms with Crippen LogP contribution in [0.3, 0.4) is 0 Å². The molecule has 0 saturated heterocycles. The Labute approximate surface area is 164 Å². The molecule has 2 aromatic rings. The van der Waals surface area contributed by atoms with Crippen LogP contribution in [0.2, 0.25) is 5.02 Å². The quantitative estimate of drug-likeness (QED) is 0.647. The molecule has 2 rings (SSSR count). The van der Waals surface area contributed by atoms with E-state index in [-0.39, 0.29) is 11.8 Å². The van der Waals surface area contributed by atoms with Gasteiger partial charge in [0.15, 0.2) is 0 Å². The Morgan fingerprint density at radius 1 is 1.00 bits per heavy atom. The van der Waals surface area contributed by atoms with Crippen LogP contribution in [0, 0.1) is 0 Å². The van der Waals surface area contributed by atoms with Gasteiger partial charge in [0.25, 0.3) is 11.8 Å². The zero-order chi connectivity index (χ0) is 19.6. The Morgan fingerprint density at radius 2 is 1.59 bits per heavy atom. The van der Waals surface area contributed by atoms with Gasteiger partial charge in [-0.05, 0) is 57.2 Å². The van der Waals surface area contributed by atoms with Crippen molar-refractivity contribution in [1.29, 1.82) is 0 Å². The predicted molar refractivity (Wildman–Crippen MR) is 107 cm³/mol. The van der Waals surface area contributed by atoms with Gasteiger partial charge in [0.2, 0.25) is 0 Å². The fourth-order valence-electron chi connectivity index (χ4n) is 2.46. The molecular formula is C20H25ClN4O2. The summed E-state index contributed by atoms with van der Waals surface area (Å²) < 4.78 is 0. The molecule has 27 heavy (non-hydrogen) atoms. The number of pyridine rings is 1. The summed E-state index contributed by atoms with van der Waals surface area (Å²) in [6.45, 7) is 1.96. The number of hydrogen-bond donors (Lipinski definition) is 2. The highest BCUT2D eigenvalue weighted by molar-refractivity contribution is 6.30. The van der Waals surface area contributed by atoms with Gasteiger partial charge < -0.3 is 15.5 Å². The first kappa shape index (κ1) is 20.9. The van der Waals surface area contributed by atoms with Crippen molar-refractivity contribution < 1.29 is 9.59 Å². The minimum absolute atomic E-state index is 0.225. The number of carbonyl (C=O) groups excluding carboxylic acids is 2. The number of hydrogen-bond acceptors (Lipinski definition) is 4. The molecule has 1 aromatic carbocycles. The third kappa shape index (κ3) is 7.37. The van der Waals surface area contributed by atoms with Crippen molar-refractivity contribution >= 4 is 23.4 Å².